The van der Waals surface area contributed by atoms with Crippen molar-refractivity contribution in [1.29, 1.82) is 0 Å². The first kappa shape index (κ1) is 14.0. The van der Waals surface area contributed by atoms with Crippen LogP contribution in [-0.4, -0.2) is 24.3 Å². The van der Waals surface area contributed by atoms with Gasteiger partial charge in [0.1, 0.15) is 5.82 Å². The molecule has 1 unspecified atom stereocenters. The van der Waals surface area contributed by atoms with Gasteiger partial charge < -0.3 is 10.0 Å². The van der Waals surface area contributed by atoms with E-state index in [2.05, 4.69) is 0 Å². The molecule has 1 aromatic rings. The first-order valence-corrected chi connectivity index (χ1v) is 6.06. The first-order valence-electron chi connectivity index (χ1n) is 6.06. The van der Waals surface area contributed by atoms with E-state index in [0.29, 0.717) is 12.2 Å². The summed E-state index contributed by atoms with van der Waals surface area (Å²) in [6.07, 6.45) is -0.427. The van der Waals surface area contributed by atoms with Crippen molar-refractivity contribution in [2.24, 2.45) is 5.41 Å². The SMILES string of the molecule is CCN(CC(C)(C)C(C)O)c1ccccc1F. The molecule has 3 heteroatoms. The second-order valence-electron chi connectivity index (χ2n) is 5.13. The third-order valence-corrected chi connectivity index (χ3v) is 3.30. The molecular weight excluding hydrogens is 217 g/mol. The minimum Gasteiger partial charge on any atom is -0.393 e. The van der Waals surface area contributed by atoms with Crippen LogP contribution in [0.1, 0.15) is 27.7 Å². The van der Waals surface area contributed by atoms with Gasteiger partial charge in [-0.25, -0.2) is 4.39 Å². The lowest BCUT2D eigenvalue weighted by molar-refractivity contribution is 0.0710. The van der Waals surface area contributed by atoms with E-state index in [-0.39, 0.29) is 11.2 Å². The van der Waals surface area contributed by atoms with Gasteiger partial charge in [0.05, 0.1) is 11.8 Å². The number of hydrogen-bond donors (Lipinski definition) is 1. The number of rotatable bonds is 5. The summed E-state index contributed by atoms with van der Waals surface area (Å²) in [5.74, 6) is -0.212. The van der Waals surface area contributed by atoms with E-state index in [1.807, 2.05) is 31.7 Å². The predicted molar refractivity (Wildman–Crippen MR) is 69.7 cm³/mol. The molecule has 0 saturated heterocycles. The van der Waals surface area contributed by atoms with Gasteiger partial charge in [0, 0.05) is 18.5 Å². The topological polar surface area (TPSA) is 23.5 Å². The number of nitrogens with zero attached hydrogens (tertiary/aromatic N) is 1. The molecule has 1 aromatic carbocycles. The summed E-state index contributed by atoms with van der Waals surface area (Å²) >= 11 is 0. The molecule has 0 radical (unpaired) electrons. The third-order valence-electron chi connectivity index (χ3n) is 3.30. The average molecular weight is 239 g/mol. The van der Waals surface area contributed by atoms with Gasteiger partial charge in [0.25, 0.3) is 0 Å². The fourth-order valence-corrected chi connectivity index (χ4v) is 1.70. The van der Waals surface area contributed by atoms with Gasteiger partial charge in [-0.2, -0.15) is 0 Å². The maximum atomic E-state index is 13.7. The molecule has 96 valence electrons. The highest BCUT2D eigenvalue weighted by Gasteiger charge is 2.27. The number of para-hydroxylation sites is 1. The summed E-state index contributed by atoms with van der Waals surface area (Å²) in [7, 11) is 0. The van der Waals surface area contributed by atoms with Crippen LogP contribution in [0.3, 0.4) is 0 Å². The minimum absolute atomic E-state index is 0.212. The minimum atomic E-state index is -0.427. The normalized spacial score (nSPS) is 13.5. The fraction of sp³-hybridized carbons (Fsp3) is 0.571. The molecule has 0 aromatic heterocycles. The van der Waals surface area contributed by atoms with E-state index in [9.17, 15) is 9.50 Å². The van der Waals surface area contributed by atoms with Gasteiger partial charge >= 0.3 is 0 Å². The van der Waals surface area contributed by atoms with Crippen molar-refractivity contribution in [3.8, 4) is 0 Å². The highest BCUT2D eigenvalue weighted by molar-refractivity contribution is 5.47. The van der Waals surface area contributed by atoms with Crippen molar-refractivity contribution in [2.75, 3.05) is 18.0 Å². The Morgan fingerprint density at radius 1 is 1.35 bits per heavy atom. The van der Waals surface area contributed by atoms with Crippen LogP contribution in [-0.2, 0) is 0 Å². The van der Waals surface area contributed by atoms with Crippen molar-refractivity contribution < 1.29 is 9.50 Å². The lowest BCUT2D eigenvalue weighted by Crippen LogP contribution is -2.40. The van der Waals surface area contributed by atoms with Crippen LogP contribution < -0.4 is 4.90 Å². The highest BCUT2D eigenvalue weighted by atomic mass is 19.1. The fourth-order valence-electron chi connectivity index (χ4n) is 1.70. The molecular formula is C14H22FNO. The molecule has 0 aliphatic heterocycles. The second kappa shape index (κ2) is 5.50. The zero-order valence-electron chi connectivity index (χ0n) is 11.1. The van der Waals surface area contributed by atoms with Crippen molar-refractivity contribution in [1.82, 2.24) is 0 Å². The molecule has 2 nitrogen and oxygen atoms in total. The monoisotopic (exact) mass is 239 g/mol. The molecule has 1 atom stereocenters. The summed E-state index contributed by atoms with van der Waals surface area (Å²) in [5, 5.41) is 9.72. The Kier molecular flexibility index (Phi) is 4.52. The second-order valence-corrected chi connectivity index (χ2v) is 5.13. The van der Waals surface area contributed by atoms with Gasteiger partial charge in [-0.05, 0) is 26.0 Å². The maximum Gasteiger partial charge on any atom is 0.146 e. The number of benzene rings is 1. The summed E-state index contributed by atoms with van der Waals surface area (Å²) in [5.41, 5.74) is 0.335. The summed E-state index contributed by atoms with van der Waals surface area (Å²) < 4.78 is 13.7. The Morgan fingerprint density at radius 2 is 1.94 bits per heavy atom. The van der Waals surface area contributed by atoms with E-state index in [4.69, 9.17) is 0 Å². The van der Waals surface area contributed by atoms with Gasteiger partial charge in [0.2, 0.25) is 0 Å². The van der Waals surface area contributed by atoms with Crippen LogP contribution in [0.4, 0.5) is 10.1 Å². The molecule has 0 spiro atoms. The van der Waals surface area contributed by atoms with E-state index in [0.717, 1.165) is 6.54 Å². The third kappa shape index (κ3) is 3.43. The smallest absolute Gasteiger partial charge is 0.146 e. The van der Waals surface area contributed by atoms with Crippen molar-refractivity contribution in [3.63, 3.8) is 0 Å². The number of hydrogen-bond acceptors (Lipinski definition) is 2. The van der Waals surface area contributed by atoms with Gasteiger partial charge in [-0.15, -0.1) is 0 Å². The Balaban J connectivity index is 2.90. The van der Waals surface area contributed by atoms with E-state index in [1.54, 1.807) is 19.1 Å². The highest BCUT2D eigenvalue weighted by Crippen LogP contribution is 2.26. The van der Waals surface area contributed by atoms with Crippen LogP contribution in [0.2, 0.25) is 0 Å². The van der Waals surface area contributed by atoms with Crippen LogP contribution in [0.25, 0.3) is 0 Å². The summed E-state index contributed by atoms with van der Waals surface area (Å²) in [4.78, 5) is 1.96. The zero-order chi connectivity index (χ0) is 13.1. The number of halogens is 1. The zero-order valence-corrected chi connectivity index (χ0v) is 11.1. The summed E-state index contributed by atoms with van der Waals surface area (Å²) in [6, 6.07) is 6.76. The molecule has 0 aliphatic carbocycles. The molecule has 1 N–H and O–H groups in total. The van der Waals surface area contributed by atoms with Gasteiger partial charge in [-0.1, -0.05) is 26.0 Å². The Labute approximate surface area is 103 Å². The number of anilines is 1. The largest absolute Gasteiger partial charge is 0.393 e. The first-order chi connectivity index (χ1) is 7.88. The average Bonchev–Trinajstić information content (AvgIpc) is 2.26. The molecule has 0 amide bonds. The maximum absolute atomic E-state index is 13.7. The molecule has 0 heterocycles. The molecule has 0 bridgehead atoms. The predicted octanol–water partition coefficient (Wildman–Crippen LogP) is 3.06. The quantitative estimate of drug-likeness (QED) is 0.853. The Hall–Kier alpha value is -1.09. The van der Waals surface area contributed by atoms with Crippen molar-refractivity contribution >= 4 is 5.69 Å². The van der Waals surface area contributed by atoms with Crippen LogP contribution in [0.5, 0.6) is 0 Å². The van der Waals surface area contributed by atoms with Crippen molar-refractivity contribution in [2.45, 2.75) is 33.8 Å². The standard InChI is InChI=1S/C14H22FNO/c1-5-16(10-14(3,4)11(2)17)13-9-7-6-8-12(13)15/h6-9,11,17H,5,10H2,1-4H3. The van der Waals surface area contributed by atoms with Gasteiger partial charge in [0.15, 0.2) is 0 Å². The number of aliphatic hydroxyl groups excluding tert-OH is 1. The van der Waals surface area contributed by atoms with Crippen LogP contribution in [0, 0.1) is 11.2 Å². The molecule has 0 fully saturated rings. The number of aliphatic hydroxyl groups is 1. The lowest BCUT2D eigenvalue weighted by Gasteiger charge is -2.35. The van der Waals surface area contributed by atoms with E-state index < -0.39 is 6.10 Å². The molecule has 1 rings (SSSR count). The lowest BCUT2D eigenvalue weighted by atomic mass is 9.86. The van der Waals surface area contributed by atoms with E-state index >= 15 is 0 Å². The Morgan fingerprint density at radius 3 is 2.41 bits per heavy atom. The Bertz CT molecular complexity index is 363. The van der Waals surface area contributed by atoms with Crippen LogP contribution >= 0.6 is 0 Å². The molecule has 17 heavy (non-hydrogen) atoms. The van der Waals surface area contributed by atoms with Crippen molar-refractivity contribution in [3.05, 3.63) is 30.1 Å². The summed E-state index contributed by atoms with van der Waals surface area (Å²) in [6.45, 7) is 9.08. The molecule has 0 aliphatic rings. The van der Waals surface area contributed by atoms with Crippen LogP contribution in [0.15, 0.2) is 24.3 Å². The van der Waals surface area contributed by atoms with E-state index in [1.165, 1.54) is 6.07 Å². The van der Waals surface area contributed by atoms with Gasteiger partial charge in [-0.3, -0.25) is 0 Å². The molecule has 0 saturated carbocycles.